The van der Waals surface area contributed by atoms with Gasteiger partial charge in [-0.2, -0.15) is 0 Å². The second-order valence-electron chi connectivity index (χ2n) is 6.96. The van der Waals surface area contributed by atoms with Crippen molar-refractivity contribution in [2.24, 2.45) is 5.41 Å². The molecular weight excluding hydrogens is 348 g/mol. The molecule has 0 aromatic heterocycles. The molecule has 0 amide bonds. The standard InChI is InChI=1S/C21H26O6/c1-7-24-18-16(26-13(3)22)14-11-9-10-12-15(14)17(19(18)25-8-2)27-20(23)21(4,5)6/h9-12H,7-8H2,1-6H3. The lowest BCUT2D eigenvalue weighted by Gasteiger charge is -2.23. The topological polar surface area (TPSA) is 71.1 Å². The molecule has 0 unspecified atom stereocenters. The highest BCUT2D eigenvalue weighted by molar-refractivity contribution is 6.01. The summed E-state index contributed by atoms with van der Waals surface area (Å²) in [4.78, 5) is 24.2. The van der Waals surface area contributed by atoms with Gasteiger partial charge < -0.3 is 18.9 Å². The van der Waals surface area contributed by atoms with E-state index in [4.69, 9.17) is 18.9 Å². The molecule has 2 rings (SSSR count). The van der Waals surface area contributed by atoms with E-state index in [0.29, 0.717) is 24.0 Å². The molecule has 0 heterocycles. The normalized spacial score (nSPS) is 11.2. The third kappa shape index (κ3) is 4.51. The largest absolute Gasteiger partial charge is 0.487 e. The van der Waals surface area contributed by atoms with Gasteiger partial charge in [-0.3, -0.25) is 9.59 Å². The quantitative estimate of drug-likeness (QED) is 0.547. The first kappa shape index (κ1) is 20.6. The third-order valence-corrected chi connectivity index (χ3v) is 3.67. The van der Waals surface area contributed by atoms with E-state index in [2.05, 4.69) is 0 Å². The van der Waals surface area contributed by atoms with Crippen molar-refractivity contribution in [1.82, 2.24) is 0 Å². The Labute approximate surface area is 159 Å². The van der Waals surface area contributed by atoms with E-state index in [1.165, 1.54) is 6.92 Å². The fourth-order valence-corrected chi connectivity index (χ4v) is 2.47. The number of carbonyl (C=O) groups excluding carboxylic acids is 2. The zero-order valence-electron chi connectivity index (χ0n) is 16.7. The van der Waals surface area contributed by atoms with Gasteiger partial charge in [-0.1, -0.05) is 24.3 Å². The predicted octanol–water partition coefficient (Wildman–Crippen LogP) is 4.51. The molecule has 146 valence electrons. The van der Waals surface area contributed by atoms with Crippen LogP contribution in [0.5, 0.6) is 23.0 Å². The molecule has 0 aliphatic rings. The number of carbonyl (C=O) groups is 2. The molecule has 0 saturated heterocycles. The molecule has 6 heteroatoms. The van der Waals surface area contributed by atoms with E-state index in [1.54, 1.807) is 39.0 Å². The highest BCUT2D eigenvalue weighted by Gasteiger charge is 2.30. The highest BCUT2D eigenvalue weighted by Crippen LogP contribution is 2.51. The summed E-state index contributed by atoms with van der Waals surface area (Å²) in [5.41, 5.74) is -0.703. The molecule has 6 nitrogen and oxygen atoms in total. The molecule has 27 heavy (non-hydrogen) atoms. The summed E-state index contributed by atoms with van der Waals surface area (Å²) in [6, 6.07) is 7.18. The molecule has 0 aliphatic heterocycles. The van der Waals surface area contributed by atoms with Gasteiger partial charge in [0.25, 0.3) is 0 Å². The number of hydrogen-bond donors (Lipinski definition) is 0. The minimum atomic E-state index is -0.703. The maximum atomic E-state index is 12.6. The summed E-state index contributed by atoms with van der Waals surface area (Å²) in [5.74, 6) is 0.0989. The molecule has 0 bridgehead atoms. The van der Waals surface area contributed by atoms with Gasteiger partial charge >= 0.3 is 11.9 Å². The van der Waals surface area contributed by atoms with Gasteiger partial charge in [-0.15, -0.1) is 0 Å². The van der Waals surface area contributed by atoms with Crippen LogP contribution >= 0.6 is 0 Å². The lowest BCUT2D eigenvalue weighted by Crippen LogP contribution is -2.26. The Morgan fingerprint density at radius 2 is 1.26 bits per heavy atom. The van der Waals surface area contributed by atoms with Crippen LogP contribution in [0.1, 0.15) is 41.5 Å². The third-order valence-electron chi connectivity index (χ3n) is 3.67. The van der Waals surface area contributed by atoms with Crippen molar-refractivity contribution >= 4 is 22.7 Å². The first-order valence-electron chi connectivity index (χ1n) is 8.95. The maximum absolute atomic E-state index is 12.6. The Morgan fingerprint density at radius 1 is 0.815 bits per heavy atom. The maximum Gasteiger partial charge on any atom is 0.316 e. The molecule has 0 N–H and O–H groups in total. The summed E-state index contributed by atoms with van der Waals surface area (Å²) in [5, 5.41) is 1.19. The van der Waals surface area contributed by atoms with Crippen molar-refractivity contribution < 1.29 is 28.5 Å². The van der Waals surface area contributed by atoms with E-state index in [1.807, 2.05) is 19.9 Å². The summed E-state index contributed by atoms with van der Waals surface area (Å²) in [6.45, 7) is 10.9. The van der Waals surface area contributed by atoms with Gasteiger partial charge in [-0.05, 0) is 34.6 Å². The number of fused-ring (bicyclic) bond motifs is 1. The smallest absolute Gasteiger partial charge is 0.316 e. The van der Waals surface area contributed by atoms with Crippen molar-refractivity contribution in [3.63, 3.8) is 0 Å². The summed E-state index contributed by atoms with van der Waals surface area (Å²) in [6.07, 6.45) is 0. The monoisotopic (exact) mass is 374 g/mol. The van der Waals surface area contributed by atoms with Crippen LogP contribution in [-0.2, 0) is 9.59 Å². The highest BCUT2D eigenvalue weighted by atomic mass is 16.6. The molecular formula is C21H26O6. The van der Waals surface area contributed by atoms with Crippen molar-refractivity contribution in [2.75, 3.05) is 13.2 Å². The number of esters is 2. The second kappa shape index (κ2) is 8.29. The van der Waals surface area contributed by atoms with Crippen LogP contribution < -0.4 is 18.9 Å². The predicted molar refractivity (Wildman–Crippen MR) is 103 cm³/mol. The zero-order valence-corrected chi connectivity index (χ0v) is 16.7. The molecule has 0 atom stereocenters. The van der Waals surface area contributed by atoms with Crippen molar-refractivity contribution in [3.05, 3.63) is 24.3 Å². The Bertz CT molecular complexity index is 848. The minimum absolute atomic E-state index is 0.241. The number of rotatable bonds is 6. The van der Waals surface area contributed by atoms with E-state index in [0.717, 1.165) is 0 Å². The molecule has 0 radical (unpaired) electrons. The molecule has 2 aromatic rings. The van der Waals surface area contributed by atoms with E-state index < -0.39 is 17.4 Å². The molecule has 0 fully saturated rings. The Hall–Kier alpha value is -2.76. The van der Waals surface area contributed by atoms with Gasteiger partial charge in [-0.25, -0.2) is 0 Å². The number of ether oxygens (including phenoxy) is 4. The van der Waals surface area contributed by atoms with Crippen LogP contribution in [0.2, 0.25) is 0 Å². The van der Waals surface area contributed by atoms with Gasteiger partial charge in [0.05, 0.1) is 18.6 Å². The first-order valence-corrected chi connectivity index (χ1v) is 8.95. The first-order chi connectivity index (χ1) is 12.7. The van der Waals surface area contributed by atoms with Crippen LogP contribution in [0.25, 0.3) is 10.8 Å². The van der Waals surface area contributed by atoms with Crippen molar-refractivity contribution in [1.29, 1.82) is 0 Å². The van der Waals surface area contributed by atoms with E-state index in [-0.39, 0.29) is 23.0 Å². The summed E-state index contributed by atoms with van der Waals surface area (Å²) >= 11 is 0. The van der Waals surface area contributed by atoms with Crippen molar-refractivity contribution in [3.8, 4) is 23.0 Å². The van der Waals surface area contributed by atoms with Crippen molar-refractivity contribution in [2.45, 2.75) is 41.5 Å². The summed E-state index contributed by atoms with van der Waals surface area (Å²) < 4.78 is 22.7. The van der Waals surface area contributed by atoms with Crippen LogP contribution in [0.15, 0.2) is 24.3 Å². The lowest BCUT2D eigenvalue weighted by molar-refractivity contribution is -0.143. The molecule has 0 aliphatic carbocycles. The SMILES string of the molecule is CCOc1c(OCC)c(OC(=O)C(C)(C)C)c2ccccc2c1OC(C)=O. The Kier molecular flexibility index (Phi) is 6.31. The zero-order chi connectivity index (χ0) is 20.2. The average Bonchev–Trinajstić information content (AvgIpc) is 2.59. The van der Waals surface area contributed by atoms with Gasteiger partial charge in [0.15, 0.2) is 11.5 Å². The molecule has 0 saturated carbocycles. The summed E-state index contributed by atoms with van der Waals surface area (Å²) in [7, 11) is 0. The number of benzene rings is 2. The fraction of sp³-hybridized carbons (Fsp3) is 0.429. The number of hydrogen-bond acceptors (Lipinski definition) is 6. The van der Waals surface area contributed by atoms with Crippen LogP contribution in [-0.4, -0.2) is 25.2 Å². The van der Waals surface area contributed by atoms with Gasteiger partial charge in [0, 0.05) is 17.7 Å². The lowest BCUT2D eigenvalue weighted by atomic mass is 9.97. The van der Waals surface area contributed by atoms with Crippen LogP contribution in [0, 0.1) is 5.41 Å². The second-order valence-corrected chi connectivity index (χ2v) is 6.96. The fourth-order valence-electron chi connectivity index (χ4n) is 2.47. The average molecular weight is 374 g/mol. The van der Waals surface area contributed by atoms with E-state index in [9.17, 15) is 9.59 Å². The van der Waals surface area contributed by atoms with Gasteiger partial charge in [0.2, 0.25) is 11.5 Å². The minimum Gasteiger partial charge on any atom is -0.487 e. The Morgan fingerprint density at radius 3 is 1.63 bits per heavy atom. The van der Waals surface area contributed by atoms with E-state index >= 15 is 0 Å². The molecule has 2 aromatic carbocycles. The van der Waals surface area contributed by atoms with Crippen LogP contribution in [0.4, 0.5) is 0 Å². The van der Waals surface area contributed by atoms with Crippen LogP contribution in [0.3, 0.4) is 0 Å². The van der Waals surface area contributed by atoms with Gasteiger partial charge in [0.1, 0.15) is 0 Å². The Balaban J connectivity index is 2.84. The molecule has 0 spiro atoms.